The number of ketones is 1. The lowest BCUT2D eigenvalue weighted by molar-refractivity contribution is -0.124. The van der Waals surface area contributed by atoms with Gasteiger partial charge in [0, 0.05) is 63.8 Å². The van der Waals surface area contributed by atoms with E-state index in [0.717, 1.165) is 51.4 Å². The minimum atomic E-state index is -0.0143. The number of amides is 1. The van der Waals surface area contributed by atoms with Crippen LogP contribution in [0.5, 0.6) is 0 Å². The molecule has 6 nitrogen and oxygen atoms in total. The summed E-state index contributed by atoms with van der Waals surface area (Å²) in [7, 11) is 0. The molecule has 0 aliphatic carbocycles. The van der Waals surface area contributed by atoms with E-state index in [0.29, 0.717) is 36.3 Å². The molecule has 3 heterocycles. The van der Waals surface area contributed by atoms with E-state index in [4.69, 9.17) is 0 Å². The van der Waals surface area contributed by atoms with E-state index in [1.54, 1.807) is 6.20 Å². The first-order chi connectivity index (χ1) is 13.8. The van der Waals surface area contributed by atoms with Crippen LogP contribution in [0.15, 0.2) is 18.3 Å². The number of carbonyl (C=O) groups is 2. The molecule has 0 unspecified atom stereocenters. The Bertz CT molecular complexity index is 693. The predicted octanol–water partition coefficient (Wildman–Crippen LogP) is 3.08. The maximum Gasteiger partial charge on any atom is 0.255 e. The van der Waals surface area contributed by atoms with Gasteiger partial charge in [-0.15, -0.1) is 0 Å². The molecule has 2 saturated heterocycles. The summed E-state index contributed by atoms with van der Waals surface area (Å²) in [4.78, 5) is 36.6. The molecular formula is C23H36N4O2. The fraction of sp³-hybridized carbons (Fsp3) is 0.696. The highest BCUT2D eigenvalue weighted by Gasteiger charge is 2.29. The first kappa shape index (κ1) is 21.8. The average molecular weight is 401 g/mol. The normalized spacial score (nSPS) is 21.1. The Balaban J connectivity index is 1.58. The highest BCUT2D eigenvalue weighted by atomic mass is 16.2. The lowest BCUT2D eigenvalue weighted by Crippen LogP contribution is -2.49. The summed E-state index contributed by atoms with van der Waals surface area (Å²) in [6, 6.07) is 4.42. The van der Waals surface area contributed by atoms with Crippen LogP contribution in [0, 0.1) is 11.8 Å². The van der Waals surface area contributed by atoms with Crippen LogP contribution in [-0.4, -0.2) is 71.8 Å². The van der Waals surface area contributed by atoms with E-state index in [1.165, 1.54) is 0 Å². The summed E-state index contributed by atoms with van der Waals surface area (Å²) in [5, 5.41) is 0. The van der Waals surface area contributed by atoms with Crippen molar-refractivity contribution >= 4 is 17.5 Å². The van der Waals surface area contributed by atoms with Gasteiger partial charge in [0.25, 0.3) is 5.91 Å². The molecule has 0 saturated carbocycles. The molecule has 0 N–H and O–H groups in total. The minimum absolute atomic E-state index is 0.00396. The fourth-order valence-electron chi connectivity index (χ4n) is 4.34. The van der Waals surface area contributed by atoms with Gasteiger partial charge in [-0.3, -0.25) is 14.5 Å². The molecule has 2 aliphatic heterocycles. The van der Waals surface area contributed by atoms with Crippen LogP contribution in [0.4, 0.5) is 5.82 Å². The van der Waals surface area contributed by atoms with E-state index in [1.807, 2.05) is 17.0 Å². The molecule has 1 atom stereocenters. The predicted molar refractivity (Wildman–Crippen MR) is 116 cm³/mol. The number of piperazine rings is 1. The number of piperidine rings is 1. The van der Waals surface area contributed by atoms with Crippen LogP contribution >= 0.6 is 0 Å². The van der Waals surface area contributed by atoms with Gasteiger partial charge in [-0.25, -0.2) is 4.98 Å². The van der Waals surface area contributed by atoms with Gasteiger partial charge in [0.1, 0.15) is 11.6 Å². The van der Waals surface area contributed by atoms with E-state index < -0.39 is 0 Å². The second-order valence-corrected chi connectivity index (χ2v) is 9.18. The van der Waals surface area contributed by atoms with Crippen LogP contribution in [-0.2, 0) is 4.79 Å². The summed E-state index contributed by atoms with van der Waals surface area (Å²) in [5.41, 5.74) is 0.617. The molecule has 3 rings (SSSR count). The maximum absolute atomic E-state index is 12.9. The van der Waals surface area contributed by atoms with Crippen molar-refractivity contribution in [3.63, 3.8) is 0 Å². The van der Waals surface area contributed by atoms with Crippen LogP contribution in [0.3, 0.4) is 0 Å². The number of carbonyl (C=O) groups excluding carboxylic acids is 2. The Morgan fingerprint density at radius 3 is 2.38 bits per heavy atom. The second-order valence-electron chi connectivity index (χ2n) is 9.18. The van der Waals surface area contributed by atoms with Crippen LogP contribution in [0.25, 0.3) is 0 Å². The van der Waals surface area contributed by atoms with Gasteiger partial charge < -0.3 is 9.80 Å². The number of hydrogen-bond acceptors (Lipinski definition) is 5. The standard InChI is InChI=1S/C23H36N4O2/c1-17(2)14-21(28)20-6-5-9-27(16-20)23(29)19-7-8-22(24-15-19)26-12-10-25(11-13-26)18(3)4/h7-8,15,17-18,20H,5-6,9-14,16H2,1-4H3/t20-/m1/s1. The SMILES string of the molecule is CC(C)CC(=O)[C@@H]1CCCN(C(=O)c2ccc(N3CCN(C(C)C)CC3)nc2)C1. The van der Waals surface area contributed by atoms with E-state index in [9.17, 15) is 9.59 Å². The van der Waals surface area contributed by atoms with Crippen molar-refractivity contribution in [2.45, 2.75) is 53.0 Å². The second kappa shape index (κ2) is 9.70. The number of hydrogen-bond donors (Lipinski definition) is 0. The van der Waals surface area contributed by atoms with Gasteiger partial charge in [0.2, 0.25) is 0 Å². The van der Waals surface area contributed by atoms with Crippen molar-refractivity contribution in [3.05, 3.63) is 23.9 Å². The van der Waals surface area contributed by atoms with Crippen molar-refractivity contribution in [2.75, 3.05) is 44.2 Å². The third kappa shape index (κ3) is 5.56. The Kier molecular flexibility index (Phi) is 7.28. The first-order valence-electron chi connectivity index (χ1n) is 11.1. The van der Waals surface area contributed by atoms with Crippen LogP contribution in [0.1, 0.15) is 57.3 Å². The summed E-state index contributed by atoms with van der Waals surface area (Å²) in [6.45, 7) is 13.9. The minimum Gasteiger partial charge on any atom is -0.354 e. The van der Waals surface area contributed by atoms with Gasteiger partial charge in [0.15, 0.2) is 0 Å². The number of Topliss-reactive ketones (excluding diaryl/α,β-unsaturated/α-hetero) is 1. The van der Waals surface area contributed by atoms with Crippen LogP contribution in [0.2, 0.25) is 0 Å². The number of nitrogens with zero attached hydrogens (tertiary/aromatic N) is 4. The lowest BCUT2D eigenvalue weighted by atomic mass is 9.89. The van der Waals surface area contributed by atoms with E-state index in [-0.39, 0.29) is 11.8 Å². The molecule has 1 amide bonds. The molecule has 0 radical (unpaired) electrons. The zero-order valence-corrected chi connectivity index (χ0v) is 18.4. The third-order valence-corrected chi connectivity index (χ3v) is 6.14. The highest BCUT2D eigenvalue weighted by molar-refractivity contribution is 5.94. The summed E-state index contributed by atoms with van der Waals surface area (Å²) in [5.74, 6) is 1.59. The van der Waals surface area contributed by atoms with Gasteiger partial charge in [-0.05, 0) is 44.7 Å². The third-order valence-electron chi connectivity index (χ3n) is 6.14. The molecule has 29 heavy (non-hydrogen) atoms. The van der Waals surface area contributed by atoms with Crippen molar-refractivity contribution in [3.8, 4) is 0 Å². The smallest absolute Gasteiger partial charge is 0.255 e. The number of pyridine rings is 1. The molecule has 0 aromatic carbocycles. The number of likely N-dealkylation sites (tertiary alicyclic amines) is 1. The van der Waals surface area contributed by atoms with Crippen molar-refractivity contribution in [1.82, 2.24) is 14.8 Å². The molecular weight excluding hydrogens is 364 g/mol. The number of aromatic nitrogens is 1. The molecule has 0 spiro atoms. The molecule has 1 aromatic heterocycles. The number of rotatable bonds is 6. The first-order valence-corrected chi connectivity index (χ1v) is 11.1. The molecule has 1 aromatic rings. The number of anilines is 1. The average Bonchev–Trinajstić information content (AvgIpc) is 2.73. The Hall–Kier alpha value is -1.95. The van der Waals surface area contributed by atoms with Crippen molar-refractivity contribution < 1.29 is 9.59 Å². The summed E-state index contributed by atoms with van der Waals surface area (Å²) in [6.07, 6.45) is 4.10. The van der Waals surface area contributed by atoms with Crippen LogP contribution < -0.4 is 4.90 Å². The Morgan fingerprint density at radius 2 is 1.79 bits per heavy atom. The summed E-state index contributed by atoms with van der Waals surface area (Å²) >= 11 is 0. The summed E-state index contributed by atoms with van der Waals surface area (Å²) < 4.78 is 0. The van der Waals surface area contributed by atoms with Gasteiger partial charge >= 0.3 is 0 Å². The lowest BCUT2D eigenvalue weighted by Gasteiger charge is -2.37. The molecule has 2 aliphatic rings. The Morgan fingerprint density at radius 1 is 1.07 bits per heavy atom. The van der Waals surface area contributed by atoms with Gasteiger partial charge in [-0.1, -0.05) is 13.8 Å². The topological polar surface area (TPSA) is 56.8 Å². The highest BCUT2D eigenvalue weighted by Crippen LogP contribution is 2.22. The molecule has 2 fully saturated rings. The molecule has 160 valence electrons. The molecule has 6 heteroatoms. The molecule has 0 bridgehead atoms. The van der Waals surface area contributed by atoms with Crippen molar-refractivity contribution in [1.29, 1.82) is 0 Å². The zero-order chi connectivity index (χ0) is 21.0. The van der Waals surface area contributed by atoms with E-state index >= 15 is 0 Å². The fourth-order valence-corrected chi connectivity index (χ4v) is 4.34. The largest absolute Gasteiger partial charge is 0.354 e. The van der Waals surface area contributed by atoms with Crippen molar-refractivity contribution in [2.24, 2.45) is 11.8 Å². The quantitative estimate of drug-likeness (QED) is 0.734. The monoisotopic (exact) mass is 400 g/mol. The van der Waals surface area contributed by atoms with Gasteiger partial charge in [0.05, 0.1) is 5.56 Å². The zero-order valence-electron chi connectivity index (χ0n) is 18.4. The van der Waals surface area contributed by atoms with E-state index in [2.05, 4.69) is 42.5 Å². The maximum atomic E-state index is 12.9. The van der Waals surface area contributed by atoms with Gasteiger partial charge in [-0.2, -0.15) is 0 Å². The Labute approximate surface area is 175 Å².